The van der Waals surface area contributed by atoms with E-state index in [1.54, 1.807) is 0 Å². The summed E-state index contributed by atoms with van der Waals surface area (Å²) in [5.74, 6) is 2.43. The minimum atomic E-state index is 0.707. The van der Waals surface area contributed by atoms with E-state index in [0.29, 0.717) is 5.92 Å². The highest BCUT2D eigenvalue weighted by atomic mass is 16.5. The van der Waals surface area contributed by atoms with Gasteiger partial charge in [-0.25, -0.2) is 0 Å². The lowest BCUT2D eigenvalue weighted by atomic mass is 10.0. The van der Waals surface area contributed by atoms with Crippen LogP contribution in [0.5, 0.6) is 5.75 Å². The van der Waals surface area contributed by atoms with Crippen molar-refractivity contribution in [3.63, 3.8) is 0 Å². The molecule has 0 fully saturated rings. The molecule has 1 rings (SSSR count). The Bertz CT molecular complexity index is 410. The second-order valence-electron chi connectivity index (χ2n) is 6.84. The van der Waals surface area contributed by atoms with E-state index in [9.17, 15) is 0 Å². The summed E-state index contributed by atoms with van der Waals surface area (Å²) in [5.41, 5.74) is 2.81. The van der Waals surface area contributed by atoms with Gasteiger partial charge in [-0.3, -0.25) is 0 Å². The Labute approximate surface area is 131 Å². The van der Waals surface area contributed by atoms with Gasteiger partial charge in [-0.05, 0) is 69.1 Å². The molecule has 0 spiro atoms. The van der Waals surface area contributed by atoms with Gasteiger partial charge in [-0.15, -0.1) is 0 Å². The number of allylic oxidation sites excluding steroid dienone is 2. The summed E-state index contributed by atoms with van der Waals surface area (Å²) in [6.45, 7) is 12.0. The molecule has 1 nitrogen and oxygen atoms in total. The fourth-order valence-corrected chi connectivity index (χ4v) is 2.37. The molecular weight excluding hydrogens is 256 g/mol. The van der Waals surface area contributed by atoms with Crippen molar-refractivity contribution in [2.45, 2.75) is 60.3 Å². The highest BCUT2D eigenvalue weighted by Gasteiger charge is 2.03. The van der Waals surface area contributed by atoms with Crippen molar-refractivity contribution in [3.8, 4) is 5.75 Å². The molecule has 0 aliphatic rings. The van der Waals surface area contributed by atoms with Crippen molar-refractivity contribution in [1.82, 2.24) is 0 Å². The van der Waals surface area contributed by atoms with Gasteiger partial charge in [0.2, 0.25) is 0 Å². The smallest absolute Gasteiger partial charge is 0.119 e. The highest BCUT2D eigenvalue weighted by Crippen LogP contribution is 2.17. The fourth-order valence-electron chi connectivity index (χ4n) is 2.37. The molecule has 0 radical (unpaired) electrons. The topological polar surface area (TPSA) is 9.23 Å². The van der Waals surface area contributed by atoms with E-state index in [1.807, 2.05) is 0 Å². The highest BCUT2D eigenvalue weighted by molar-refractivity contribution is 5.27. The van der Waals surface area contributed by atoms with Crippen molar-refractivity contribution >= 4 is 0 Å². The Balaban J connectivity index is 2.24. The number of ether oxygens (including phenoxy) is 1. The summed E-state index contributed by atoms with van der Waals surface area (Å²) < 4.78 is 5.85. The Morgan fingerprint density at radius 2 is 1.71 bits per heavy atom. The largest absolute Gasteiger partial charge is 0.494 e. The summed E-state index contributed by atoms with van der Waals surface area (Å²) in [4.78, 5) is 0. The van der Waals surface area contributed by atoms with Gasteiger partial charge < -0.3 is 4.74 Å². The molecule has 1 unspecified atom stereocenters. The van der Waals surface area contributed by atoms with E-state index >= 15 is 0 Å². The first-order valence-corrected chi connectivity index (χ1v) is 8.32. The third kappa shape index (κ3) is 8.60. The zero-order chi connectivity index (χ0) is 15.7. The normalized spacial score (nSPS) is 12.3. The van der Waals surface area contributed by atoms with E-state index in [0.717, 1.165) is 31.1 Å². The number of hydrogen-bond donors (Lipinski definition) is 0. The molecule has 0 aliphatic carbocycles. The van der Waals surface area contributed by atoms with Crippen LogP contribution in [0.1, 0.15) is 59.4 Å². The molecule has 0 saturated carbocycles. The van der Waals surface area contributed by atoms with Gasteiger partial charge in [0, 0.05) is 0 Å². The van der Waals surface area contributed by atoms with E-state index in [1.165, 1.54) is 24.0 Å². The number of benzene rings is 1. The lowest BCUT2D eigenvalue weighted by molar-refractivity contribution is 0.279. The first kappa shape index (κ1) is 17.8. The summed E-state index contributed by atoms with van der Waals surface area (Å²) in [5, 5.41) is 0. The maximum absolute atomic E-state index is 5.85. The molecule has 0 amide bonds. The van der Waals surface area contributed by atoms with E-state index in [2.05, 4.69) is 65.0 Å². The summed E-state index contributed by atoms with van der Waals surface area (Å²) in [6.07, 6.45) is 7.03. The number of hydrogen-bond acceptors (Lipinski definition) is 1. The average molecular weight is 288 g/mol. The first-order valence-electron chi connectivity index (χ1n) is 8.32. The SMILES string of the molecule is CC(C)=CCCC(C)CCOc1ccc(CC(C)C)cc1. The van der Waals surface area contributed by atoms with Crippen molar-refractivity contribution in [1.29, 1.82) is 0 Å². The molecular formula is C20H32O. The molecule has 0 bridgehead atoms. The van der Waals surface area contributed by atoms with Crippen LogP contribution in [-0.4, -0.2) is 6.61 Å². The van der Waals surface area contributed by atoms with Crippen LogP contribution in [0.4, 0.5) is 0 Å². The van der Waals surface area contributed by atoms with Gasteiger partial charge in [-0.2, -0.15) is 0 Å². The molecule has 0 N–H and O–H groups in total. The summed E-state index contributed by atoms with van der Waals surface area (Å²) in [7, 11) is 0. The van der Waals surface area contributed by atoms with Gasteiger partial charge in [-0.1, -0.05) is 44.6 Å². The van der Waals surface area contributed by atoms with Crippen molar-refractivity contribution < 1.29 is 4.74 Å². The first-order chi connectivity index (χ1) is 9.97. The van der Waals surface area contributed by atoms with Crippen LogP contribution in [-0.2, 0) is 6.42 Å². The minimum absolute atomic E-state index is 0.707. The van der Waals surface area contributed by atoms with Gasteiger partial charge >= 0.3 is 0 Å². The number of rotatable bonds is 9. The molecule has 0 aromatic heterocycles. The third-order valence-corrected chi connectivity index (χ3v) is 3.66. The monoisotopic (exact) mass is 288 g/mol. The molecule has 1 atom stereocenters. The quantitative estimate of drug-likeness (QED) is 0.504. The molecule has 1 aromatic carbocycles. The molecule has 118 valence electrons. The predicted octanol–water partition coefficient (Wildman–Crippen LogP) is 6.04. The second kappa shape index (κ2) is 9.65. The standard InChI is InChI=1S/C20H32O/c1-16(2)7-6-8-18(5)13-14-21-20-11-9-19(10-12-20)15-17(3)4/h7,9-12,17-18H,6,8,13-15H2,1-5H3. The van der Waals surface area contributed by atoms with Crippen LogP contribution in [0.2, 0.25) is 0 Å². The van der Waals surface area contributed by atoms with Crippen LogP contribution < -0.4 is 4.74 Å². The molecule has 0 saturated heterocycles. The van der Waals surface area contributed by atoms with Crippen molar-refractivity contribution in [2.24, 2.45) is 11.8 Å². The molecule has 0 aliphatic heterocycles. The Kier molecular flexibility index (Phi) is 8.19. The Morgan fingerprint density at radius 1 is 1.05 bits per heavy atom. The molecule has 1 aromatic rings. The van der Waals surface area contributed by atoms with E-state index in [-0.39, 0.29) is 0 Å². The third-order valence-electron chi connectivity index (χ3n) is 3.66. The van der Waals surface area contributed by atoms with Crippen LogP contribution in [0.25, 0.3) is 0 Å². The van der Waals surface area contributed by atoms with Crippen LogP contribution >= 0.6 is 0 Å². The zero-order valence-electron chi connectivity index (χ0n) is 14.5. The molecule has 1 heteroatoms. The summed E-state index contributed by atoms with van der Waals surface area (Å²) in [6, 6.07) is 8.58. The lowest BCUT2D eigenvalue weighted by Gasteiger charge is -2.12. The fraction of sp³-hybridized carbons (Fsp3) is 0.600. The van der Waals surface area contributed by atoms with Crippen LogP contribution in [0, 0.1) is 11.8 Å². The van der Waals surface area contributed by atoms with Crippen LogP contribution in [0.3, 0.4) is 0 Å². The predicted molar refractivity (Wildman–Crippen MR) is 92.9 cm³/mol. The maximum Gasteiger partial charge on any atom is 0.119 e. The average Bonchev–Trinajstić information content (AvgIpc) is 2.39. The van der Waals surface area contributed by atoms with E-state index < -0.39 is 0 Å². The second-order valence-corrected chi connectivity index (χ2v) is 6.84. The maximum atomic E-state index is 5.85. The lowest BCUT2D eigenvalue weighted by Crippen LogP contribution is -2.04. The minimum Gasteiger partial charge on any atom is -0.494 e. The van der Waals surface area contributed by atoms with Crippen molar-refractivity contribution in [2.75, 3.05) is 6.61 Å². The van der Waals surface area contributed by atoms with Gasteiger partial charge in [0.25, 0.3) is 0 Å². The van der Waals surface area contributed by atoms with Gasteiger partial charge in [0.1, 0.15) is 5.75 Å². The Hall–Kier alpha value is -1.24. The zero-order valence-corrected chi connectivity index (χ0v) is 14.5. The summed E-state index contributed by atoms with van der Waals surface area (Å²) >= 11 is 0. The van der Waals surface area contributed by atoms with Gasteiger partial charge in [0.05, 0.1) is 6.61 Å². The van der Waals surface area contributed by atoms with Crippen molar-refractivity contribution in [3.05, 3.63) is 41.5 Å². The van der Waals surface area contributed by atoms with Crippen LogP contribution in [0.15, 0.2) is 35.9 Å². The Morgan fingerprint density at radius 3 is 2.29 bits per heavy atom. The van der Waals surface area contributed by atoms with Gasteiger partial charge in [0.15, 0.2) is 0 Å². The molecule has 0 heterocycles. The molecule has 21 heavy (non-hydrogen) atoms. The van der Waals surface area contributed by atoms with E-state index in [4.69, 9.17) is 4.74 Å².